The van der Waals surface area contributed by atoms with Gasteiger partial charge in [-0.15, -0.1) is 0 Å². The van der Waals surface area contributed by atoms with Crippen molar-refractivity contribution in [2.24, 2.45) is 0 Å². The number of benzene rings is 1. The second-order valence-corrected chi connectivity index (χ2v) is 5.47. The molecule has 3 aliphatic heterocycles. The summed E-state index contributed by atoms with van der Waals surface area (Å²) < 4.78 is 2.69. The number of para-hydroxylation sites is 1. The third-order valence-corrected chi connectivity index (χ3v) is 4.61. The lowest BCUT2D eigenvalue weighted by atomic mass is 9.98. The third-order valence-electron chi connectivity index (χ3n) is 4.61. The summed E-state index contributed by atoms with van der Waals surface area (Å²) in [7, 11) is 0. The molecule has 1 aromatic rings. The Morgan fingerprint density at radius 1 is 1.12 bits per heavy atom. The molecule has 3 heterocycles. The van der Waals surface area contributed by atoms with Gasteiger partial charge in [-0.1, -0.05) is 18.2 Å². The van der Waals surface area contributed by atoms with E-state index in [9.17, 15) is 0 Å². The summed E-state index contributed by atoms with van der Waals surface area (Å²) in [6.07, 6.45) is 6.62. The van der Waals surface area contributed by atoms with Gasteiger partial charge in [0.25, 0.3) is 5.84 Å². The third kappa shape index (κ3) is 1.36. The Labute approximate surface area is 103 Å². The molecule has 1 aromatic carbocycles. The van der Waals surface area contributed by atoms with Gasteiger partial charge in [0.1, 0.15) is 5.69 Å². The zero-order valence-electron chi connectivity index (χ0n) is 10.2. The van der Waals surface area contributed by atoms with Crippen LogP contribution in [0.4, 0.5) is 5.69 Å². The fourth-order valence-electron chi connectivity index (χ4n) is 3.81. The second kappa shape index (κ2) is 3.59. The van der Waals surface area contributed by atoms with Crippen LogP contribution in [0.25, 0.3) is 0 Å². The Hall–Kier alpha value is -1.31. The molecule has 0 saturated carbocycles. The zero-order chi connectivity index (χ0) is 11.2. The molecule has 4 rings (SSSR count). The largest absolute Gasteiger partial charge is 0.263 e. The minimum atomic E-state index is 0.853. The molecular formula is C15H19N2+. The maximum atomic E-state index is 2.69. The van der Waals surface area contributed by atoms with E-state index < -0.39 is 0 Å². The normalized spacial score (nSPS) is 26.6. The molecule has 1 unspecified atom stereocenters. The van der Waals surface area contributed by atoms with Crippen LogP contribution in [0.1, 0.15) is 31.2 Å². The topological polar surface area (TPSA) is 6.25 Å². The summed E-state index contributed by atoms with van der Waals surface area (Å²) in [5.74, 6) is 1.61. The van der Waals surface area contributed by atoms with Gasteiger partial charge in [-0.3, -0.25) is 4.58 Å². The number of anilines is 1. The summed E-state index contributed by atoms with van der Waals surface area (Å²) in [6.45, 7) is 2.52. The highest BCUT2D eigenvalue weighted by molar-refractivity contribution is 5.97. The molecule has 0 aliphatic carbocycles. The van der Waals surface area contributed by atoms with Crippen LogP contribution < -0.4 is 4.90 Å². The molecule has 0 radical (unpaired) electrons. The maximum absolute atomic E-state index is 2.69. The predicted octanol–water partition coefficient (Wildman–Crippen LogP) is 2.42. The zero-order valence-corrected chi connectivity index (χ0v) is 10.2. The number of rotatable bonds is 0. The summed E-state index contributed by atoms with van der Waals surface area (Å²) in [6, 6.07) is 9.80. The van der Waals surface area contributed by atoms with E-state index in [1.54, 1.807) is 5.84 Å². The lowest BCUT2D eigenvalue weighted by Crippen LogP contribution is -2.49. The van der Waals surface area contributed by atoms with Crippen LogP contribution >= 0.6 is 0 Å². The van der Waals surface area contributed by atoms with E-state index in [1.165, 1.54) is 56.4 Å². The molecule has 3 aliphatic rings. The first-order valence-corrected chi connectivity index (χ1v) is 6.91. The average Bonchev–Trinajstić information content (AvgIpc) is 2.86. The van der Waals surface area contributed by atoms with Crippen molar-refractivity contribution in [3.05, 3.63) is 29.8 Å². The number of hydrogen-bond donors (Lipinski definition) is 0. The molecule has 1 fully saturated rings. The van der Waals surface area contributed by atoms with Crippen molar-refractivity contribution in [2.75, 3.05) is 18.0 Å². The van der Waals surface area contributed by atoms with Crippen molar-refractivity contribution in [2.45, 2.75) is 38.1 Å². The van der Waals surface area contributed by atoms with Crippen LogP contribution in [0.2, 0.25) is 0 Å². The van der Waals surface area contributed by atoms with E-state index in [-0.39, 0.29) is 0 Å². The first kappa shape index (κ1) is 9.69. The summed E-state index contributed by atoms with van der Waals surface area (Å²) in [5.41, 5.74) is 3.01. The number of aryl methyl sites for hydroxylation is 1. The second-order valence-electron chi connectivity index (χ2n) is 5.47. The van der Waals surface area contributed by atoms with Crippen LogP contribution in [-0.2, 0) is 6.42 Å². The smallest absolute Gasteiger partial charge is 0.252 e. The highest BCUT2D eigenvalue weighted by Gasteiger charge is 2.40. The SMILES string of the molecule is c1ccc2c(c1)CCC1=[N+]3CCCC3CCN12. The van der Waals surface area contributed by atoms with Crippen LogP contribution in [-0.4, -0.2) is 29.5 Å². The number of amidine groups is 1. The quantitative estimate of drug-likeness (QED) is 0.617. The Morgan fingerprint density at radius 2 is 2.06 bits per heavy atom. The lowest BCUT2D eigenvalue weighted by molar-refractivity contribution is -0.549. The van der Waals surface area contributed by atoms with Crippen LogP contribution in [0.15, 0.2) is 24.3 Å². The van der Waals surface area contributed by atoms with E-state index in [2.05, 4.69) is 33.7 Å². The molecule has 1 atom stereocenters. The molecule has 0 spiro atoms. The van der Waals surface area contributed by atoms with Gasteiger partial charge in [0.05, 0.1) is 25.6 Å². The summed E-state index contributed by atoms with van der Waals surface area (Å²) in [4.78, 5) is 2.58. The van der Waals surface area contributed by atoms with Gasteiger partial charge in [-0.25, -0.2) is 4.90 Å². The van der Waals surface area contributed by atoms with Gasteiger partial charge in [0.2, 0.25) is 0 Å². The molecule has 1 saturated heterocycles. The van der Waals surface area contributed by atoms with Crippen molar-refractivity contribution in [1.29, 1.82) is 0 Å². The Morgan fingerprint density at radius 3 is 3.06 bits per heavy atom. The molecule has 0 bridgehead atoms. The molecule has 2 nitrogen and oxygen atoms in total. The number of hydrogen-bond acceptors (Lipinski definition) is 1. The molecule has 88 valence electrons. The number of fused-ring (bicyclic) bond motifs is 4. The van der Waals surface area contributed by atoms with Crippen molar-refractivity contribution >= 4 is 11.5 Å². The van der Waals surface area contributed by atoms with Gasteiger partial charge in [-0.05, 0) is 30.9 Å². The van der Waals surface area contributed by atoms with Crippen LogP contribution in [0.5, 0.6) is 0 Å². The molecule has 0 N–H and O–H groups in total. The van der Waals surface area contributed by atoms with Crippen molar-refractivity contribution < 1.29 is 4.58 Å². The Bertz CT molecular complexity index is 489. The lowest BCUT2D eigenvalue weighted by Gasteiger charge is -2.32. The van der Waals surface area contributed by atoms with Crippen molar-refractivity contribution in [3.63, 3.8) is 0 Å². The molecule has 0 aromatic heterocycles. The summed E-state index contributed by atoms with van der Waals surface area (Å²) in [5, 5.41) is 0. The van der Waals surface area contributed by atoms with Crippen molar-refractivity contribution in [1.82, 2.24) is 0 Å². The van der Waals surface area contributed by atoms with E-state index in [0.717, 1.165) is 6.04 Å². The van der Waals surface area contributed by atoms with E-state index in [4.69, 9.17) is 0 Å². The predicted molar refractivity (Wildman–Crippen MR) is 69.9 cm³/mol. The highest BCUT2D eigenvalue weighted by atomic mass is 15.3. The first-order chi connectivity index (χ1) is 8.43. The van der Waals surface area contributed by atoms with Gasteiger partial charge < -0.3 is 0 Å². The maximum Gasteiger partial charge on any atom is 0.252 e. The standard InChI is InChI=1S/C15H19N2/c1-2-6-14-12(4-1)7-8-15-16-10-3-5-13(16)9-11-17(14)15/h1-2,4,6,13H,3,5,7-11H2/q+1. The van der Waals surface area contributed by atoms with Gasteiger partial charge >= 0.3 is 0 Å². The summed E-state index contributed by atoms with van der Waals surface area (Å²) >= 11 is 0. The van der Waals surface area contributed by atoms with Crippen LogP contribution in [0, 0.1) is 0 Å². The van der Waals surface area contributed by atoms with E-state index >= 15 is 0 Å². The first-order valence-electron chi connectivity index (χ1n) is 6.91. The highest BCUT2D eigenvalue weighted by Crippen LogP contribution is 2.32. The van der Waals surface area contributed by atoms with E-state index in [0.29, 0.717) is 0 Å². The fourth-order valence-corrected chi connectivity index (χ4v) is 3.81. The van der Waals surface area contributed by atoms with Gasteiger partial charge in [0.15, 0.2) is 0 Å². The molecule has 2 heteroatoms. The van der Waals surface area contributed by atoms with Crippen LogP contribution in [0.3, 0.4) is 0 Å². The molecular weight excluding hydrogens is 208 g/mol. The van der Waals surface area contributed by atoms with Gasteiger partial charge in [-0.2, -0.15) is 0 Å². The average molecular weight is 227 g/mol. The molecule has 0 amide bonds. The number of nitrogens with zero attached hydrogens (tertiary/aromatic N) is 2. The van der Waals surface area contributed by atoms with Gasteiger partial charge in [0, 0.05) is 6.42 Å². The molecule has 17 heavy (non-hydrogen) atoms. The monoisotopic (exact) mass is 227 g/mol. The Kier molecular flexibility index (Phi) is 2.05. The van der Waals surface area contributed by atoms with E-state index in [1.807, 2.05) is 0 Å². The Balaban J connectivity index is 1.84. The minimum absolute atomic E-state index is 0.853. The minimum Gasteiger partial charge on any atom is -0.263 e. The van der Waals surface area contributed by atoms with Crippen molar-refractivity contribution in [3.8, 4) is 0 Å². The fraction of sp³-hybridized carbons (Fsp3) is 0.533.